The first-order valence-corrected chi connectivity index (χ1v) is 7.57. The normalized spacial score (nSPS) is 11.3. The lowest BCUT2D eigenvalue weighted by Gasteiger charge is -2.10. The van der Waals surface area contributed by atoms with Gasteiger partial charge in [-0.2, -0.15) is 0 Å². The first kappa shape index (κ1) is 14.0. The maximum absolute atomic E-state index is 13.2. The van der Waals surface area contributed by atoms with Crippen molar-refractivity contribution in [1.82, 2.24) is 4.98 Å². The highest BCUT2D eigenvalue weighted by molar-refractivity contribution is 9.10. The van der Waals surface area contributed by atoms with E-state index in [1.807, 2.05) is 0 Å². The summed E-state index contributed by atoms with van der Waals surface area (Å²) < 4.78 is 40.4. The summed E-state index contributed by atoms with van der Waals surface area (Å²) in [4.78, 5) is 3.80. The number of rotatable bonds is 3. The van der Waals surface area contributed by atoms with Crippen LogP contribution in [0.1, 0.15) is 5.56 Å². The van der Waals surface area contributed by atoms with Crippen molar-refractivity contribution in [3.8, 4) is 0 Å². The van der Waals surface area contributed by atoms with Crippen molar-refractivity contribution in [3.63, 3.8) is 0 Å². The largest absolute Gasteiger partial charge is 0.263 e. The van der Waals surface area contributed by atoms with Crippen molar-refractivity contribution in [2.75, 3.05) is 4.72 Å². The maximum atomic E-state index is 13.2. The molecule has 0 saturated heterocycles. The molecule has 0 amide bonds. The van der Waals surface area contributed by atoms with E-state index in [1.165, 1.54) is 18.3 Å². The molecule has 0 aliphatic carbocycles. The topological polar surface area (TPSA) is 59.1 Å². The Balaban J connectivity index is 2.44. The summed E-state index contributed by atoms with van der Waals surface area (Å²) in [7, 11) is -3.87. The fraction of sp³-hybridized carbons (Fsp3) is 0.0833. The smallest absolute Gasteiger partial charge is 0.262 e. The summed E-state index contributed by atoms with van der Waals surface area (Å²) in [5, 5.41) is 0. The number of halogens is 2. The molecular formula is C12H10BrFN2O2S. The molecule has 0 aliphatic heterocycles. The van der Waals surface area contributed by atoms with Crippen LogP contribution in [0.2, 0.25) is 0 Å². The van der Waals surface area contributed by atoms with Gasteiger partial charge in [-0.05, 0) is 52.7 Å². The van der Waals surface area contributed by atoms with Crippen LogP contribution >= 0.6 is 15.9 Å². The standard InChI is InChI=1S/C12H10BrFN2O2S/c1-8-4-5-9(14)7-11(8)19(17,18)16-12-10(13)3-2-6-15-12/h2-7H,1H3,(H,15,16). The van der Waals surface area contributed by atoms with Gasteiger partial charge in [0.05, 0.1) is 9.37 Å². The third-order valence-electron chi connectivity index (χ3n) is 2.43. The molecule has 1 aromatic heterocycles. The van der Waals surface area contributed by atoms with Crippen LogP contribution in [0, 0.1) is 12.7 Å². The van der Waals surface area contributed by atoms with E-state index in [0.29, 0.717) is 10.0 Å². The zero-order valence-electron chi connectivity index (χ0n) is 9.89. The number of nitrogens with one attached hydrogen (secondary N) is 1. The second kappa shape index (κ2) is 5.26. The molecule has 0 saturated carbocycles. The molecule has 0 radical (unpaired) electrons. The Hall–Kier alpha value is -1.47. The van der Waals surface area contributed by atoms with Gasteiger partial charge in [-0.3, -0.25) is 4.72 Å². The SMILES string of the molecule is Cc1ccc(F)cc1S(=O)(=O)Nc1ncccc1Br. The molecule has 19 heavy (non-hydrogen) atoms. The Labute approximate surface area is 118 Å². The fourth-order valence-electron chi connectivity index (χ4n) is 1.51. The molecule has 0 bridgehead atoms. The van der Waals surface area contributed by atoms with Crippen LogP contribution in [0.15, 0.2) is 45.9 Å². The van der Waals surface area contributed by atoms with Crippen molar-refractivity contribution in [2.45, 2.75) is 11.8 Å². The van der Waals surface area contributed by atoms with E-state index in [0.717, 1.165) is 6.07 Å². The molecule has 7 heteroatoms. The first-order chi connectivity index (χ1) is 8.90. The maximum Gasteiger partial charge on any atom is 0.263 e. The number of benzene rings is 1. The molecule has 4 nitrogen and oxygen atoms in total. The Kier molecular flexibility index (Phi) is 3.86. The number of hydrogen-bond acceptors (Lipinski definition) is 3. The summed E-state index contributed by atoms with van der Waals surface area (Å²) in [6.45, 7) is 1.60. The van der Waals surface area contributed by atoms with E-state index in [4.69, 9.17) is 0 Å². The number of anilines is 1. The van der Waals surface area contributed by atoms with Crippen molar-refractivity contribution < 1.29 is 12.8 Å². The molecule has 2 aromatic rings. The van der Waals surface area contributed by atoms with Crippen molar-refractivity contribution in [3.05, 3.63) is 52.4 Å². The Morgan fingerprint density at radius 3 is 2.74 bits per heavy atom. The molecular weight excluding hydrogens is 335 g/mol. The van der Waals surface area contributed by atoms with Gasteiger partial charge in [-0.15, -0.1) is 0 Å². The molecule has 1 heterocycles. The highest BCUT2D eigenvalue weighted by Gasteiger charge is 2.19. The zero-order valence-corrected chi connectivity index (χ0v) is 12.3. The Bertz CT molecular complexity index is 719. The predicted octanol–water partition coefficient (Wildman–Crippen LogP) is 3.09. The van der Waals surface area contributed by atoms with E-state index in [9.17, 15) is 12.8 Å². The van der Waals surface area contributed by atoms with E-state index in [1.54, 1.807) is 19.1 Å². The monoisotopic (exact) mass is 344 g/mol. The van der Waals surface area contributed by atoms with Gasteiger partial charge in [-0.25, -0.2) is 17.8 Å². The van der Waals surface area contributed by atoms with Gasteiger partial charge >= 0.3 is 0 Å². The lowest BCUT2D eigenvalue weighted by molar-refractivity contribution is 0.594. The van der Waals surface area contributed by atoms with Crippen LogP contribution in [0.25, 0.3) is 0 Å². The van der Waals surface area contributed by atoms with Crippen LogP contribution in [-0.4, -0.2) is 13.4 Å². The number of nitrogens with zero attached hydrogens (tertiary/aromatic N) is 1. The van der Waals surface area contributed by atoms with Gasteiger partial charge < -0.3 is 0 Å². The summed E-state index contributed by atoms with van der Waals surface area (Å²) in [6, 6.07) is 6.93. The van der Waals surface area contributed by atoms with E-state index in [2.05, 4.69) is 25.6 Å². The van der Waals surface area contributed by atoms with Gasteiger partial charge in [0.1, 0.15) is 5.82 Å². The molecule has 0 aliphatic rings. The van der Waals surface area contributed by atoms with E-state index in [-0.39, 0.29) is 10.7 Å². The fourth-order valence-corrected chi connectivity index (χ4v) is 3.28. The molecule has 0 atom stereocenters. The summed E-state index contributed by atoms with van der Waals surface area (Å²) >= 11 is 3.19. The van der Waals surface area contributed by atoms with Gasteiger partial charge in [0.2, 0.25) is 0 Å². The molecule has 1 aromatic carbocycles. The highest BCUT2D eigenvalue weighted by Crippen LogP contribution is 2.23. The van der Waals surface area contributed by atoms with Crippen LogP contribution in [0.5, 0.6) is 0 Å². The number of aryl methyl sites for hydroxylation is 1. The van der Waals surface area contributed by atoms with Crippen LogP contribution in [0.4, 0.5) is 10.2 Å². The Morgan fingerprint density at radius 1 is 1.32 bits per heavy atom. The number of sulfonamides is 1. The molecule has 2 rings (SSSR count). The average Bonchev–Trinajstić information content (AvgIpc) is 2.35. The number of pyridine rings is 1. The van der Waals surface area contributed by atoms with Gasteiger partial charge in [-0.1, -0.05) is 6.07 Å². The van der Waals surface area contributed by atoms with Crippen molar-refractivity contribution in [2.24, 2.45) is 0 Å². The molecule has 0 fully saturated rings. The van der Waals surface area contributed by atoms with Crippen LogP contribution < -0.4 is 4.72 Å². The molecule has 0 spiro atoms. The molecule has 100 valence electrons. The Morgan fingerprint density at radius 2 is 2.05 bits per heavy atom. The van der Waals surface area contributed by atoms with E-state index >= 15 is 0 Å². The third kappa shape index (κ3) is 3.10. The minimum atomic E-state index is -3.87. The number of aromatic nitrogens is 1. The second-order valence-electron chi connectivity index (χ2n) is 3.85. The van der Waals surface area contributed by atoms with Crippen molar-refractivity contribution in [1.29, 1.82) is 0 Å². The number of hydrogen-bond donors (Lipinski definition) is 1. The predicted molar refractivity (Wildman–Crippen MR) is 73.9 cm³/mol. The minimum Gasteiger partial charge on any atom is -0.262 e. The first-order valence-electron chi connectivity index (χ1n) is 5.29. The van der Waals surface area contributed by atoms with Gasteiger partial charge in [0.25, 0.3) is 10.0 Å². The lowest BCUT2D eigenvalue weighted by Crippen LogP contribution is -2.15. The summed E-state index contributed by atoms with van der Waals surface area (Å²) in [5.74, 6) is -0.447. The van der Waals surface area contributed by atoms with Crippen LogP contribution in [-0.2, 0) is 10.0 Å². The molecule has 0 unspecified atom stereocenters. The molecule has 1 N–H and O–H groups in total. The summed E-state index contributed by atoms with van der Waals surface area (Å²) in [5.41, 5.74) is 0.459. The van der Waals surface area contributed by atoms with Gasteiger partial charge in [0, 0.05) is 6.20 Å². The summed E-state index contributed by atoms with van der Waals surface area (Å²) in [6.07, 6.45) is 1.46. The van der Waals surface area contributed by atoms with Gasteiger partial charge in [0.15, 0.2) is 5.82 Å². The van der Waals surface area contributed by atoms with Crippen molar-refractivity contribution >= 4 is 31.8 Å². The van der Waals surface area contributed by atoms with E-state index < -0.39 is 15.8 Å². The zero-order chi connectivity index (χ0) is 14.0. The third-order valence-corrected chi connectivity index (χ3v) is 4.55. The average molecular weight is 345 g/mol. The van der Waals surface area contributed by atoms with Crippen LogP contribution in [0.3, 0.4) is 0 Å². The quantitative estimate of drug-likeness (QED) is 0.930. The second-order valence-corrected chi connectivity index (χ2v) is 6.35. The highest BCUT2D eigenvalue weighted by atomic mass is 79.9. The minimum absolute atomic E-state index is 0.106. The lowest BCUT2D eigenvalue weighted by atomic mass is 10.2.